The topological polar surface area (TPSA) is 9.23 Å². The number of unbranched alkanes of at least 4 members (excludes halogenated alkanes) is 2. The molecular formula is C10H18OS. The molecule has 0 amide bonds. The van der Waals surface area contributed by atoms with E-state index < -0.39 is 0 Å². The van der Waals surface area contributed by atoms with Crippen LogP contribution in [0.2, 0.25) is 0 Å². The maximum Gasteiger partial charge on any atom is 0.0473 e. The molecule has 2 heteroatoms. The molecule has 0 fully saturated rings. The van der Waals surface area contributed by atoms with Gasteiger partial charge in [0.05, 0.1) is 0 Å². The van der Waals surface area contributed by atoms with E-state index >= 15 is 0 Å². The van der Waals surface area contributed by atoms with E-state index in [1.807, 2.05) is 11.8 Å². The van der Waals surface area contributed by atoms with Crippen LogP contribution in [0.1, 0.15) is 25.7 Å². The van der Waals surface area contributed by atoms with Gasteiger partial charge in [-0.1, -0.05) is 0 Å². The normalized spacial score (nSPS) is 9.67. The lowest BCUT2D eigenvalue weighted by Crippen LogP contribution is -1.97. The van der Waals surface area contributed by atoms with Crippen LogP contribution in [0.25, 0.3) is 0 Å². The van der Waals surface area contributed by atoms with Crippen LogP contribution in [0.4, 0.5) is 0 Å². The molecule has 0 aromatic heterocycles. The molecular weight excluding hydrogens is 168 g/mol. The predicted molar refractivity (Wildman–Crippen MR) is 56.5 cm³/mol. The van der Waals surface area contributed by atoms with Gasteiger partial charge in [-0.2, -0.15) is 11.8 Å². The Bertz CT molecular complexity index is 117. The Morgan fingerprint density at radius 3 is 2.67 bits per heavy atom. The van der Waals surface area contributed by atoms with Crippen LogP contribution in [0, 0.1) is 12.3 Å². The molecule has 0 saturated heterocycles. The van der Waals surface area contributed by atoms with E-state index in [1.165, 1.54) is 5.75 Å². The first-order valence-corrected chi connectivity index (χ1v) is 5.81. The van der Waals surface area contributed by atoms with E-state index in [4.69, 9.17) is 11.2 Å². The third-order valence-corrected chi connectivity index (χ3v) is 2.19. The van der Waals surface area contributed by atoms with Crippen molar-refractivity contribution in [2.45, 2.75) is 25.7 Å². The highest BCUT2D eigenvalue weighted by Gasteiger charge is 1.88. The molecule has 0 spiro atoms. The Balaban J connectivity index is 2.78. The molecule has 0 heterocycles. The predicted octanol–water partition coefficient (Wildman–Crippen LogP) is 2.56. The van der Waals surface area contributed by atoms with Gasteiger partial charge in [-0.05, 0) is 31.3 Å². The summed E-state index contributed by atoms with van der Waals surface area (Å²) in [6.45, 7) is 1.77. The second kappa shape index (κ2) is 10.9. The summed E-state index contributed by atoms with van der Waals surface area (Å²) in [5.41, 5.74) is 0. The van der Waals surface area contributed by atoms with E-state index in [9.17, 15) is 0 Å². The van der Waals surface area contributed by atoms with Gasteiger partial charge in [0, 0.05) is 19.6 Å². The highest BCUT2D eigenvalue weighted by Crippen LogP contribution is 1.97. The second-order valence-electron chi connectivity index (χ2n) is 2.62. The largest absolute Gasteiger partial charge is 0.381 e. The van der Waals surface area contributed by atoms with Crippen molar-refractivity contribution in [2.75, 3.05) is 25.2 Å². The van der Waals surface area contributed by atoms with Crippen molar-refractivity contribution in [2.24, 2.45) is 0 Å². The SMILES string of the molecule is C#CCCCCOCCCSC. The van der Waals surface area contributed by atoms with Gasteiger partial charge in [-0.25, -0.2) is 0 Å². The first-order valence-electron chi connectivity index (χ1n) is 4.42. The minimum Gasteiger partial charge on any atom is -0.381 e. The molecule has 1 nitrogen and oxygen atoms in total. The summed E-state index contributed by atoms with van der Waals surface area (Å²) < 4.78 is 5.40. The lowest BCUT2D eigenvalue weighted by molar-refractivity contribution is 0.132. The molecule has 0 rings (SSSR count). The third-order valence-electron chi connectivity index (χ3n) is 1.50. The van der Waals surface area contributed by atoms with Crippen molar-refractivity contribution >= 4 is 11.8 Å². The smallest absolute Gasteiger partial charge is 0.0473 e. The Morgan fingerprint density at radius 2 is 2.00 bits per heavy atom. The number of ether oxygens (including phenoxy) is 1. The van der Waals surface area contributed by atoms with Crippen LogP contribution in [-0.2, 0) is 4.74 Å². The minimum atomic E-state index is 0.871. The summed E-state index contributed by atoms with van der Waals surface area (Å²) >= 11 is 1.87. The van der Waals surface area contributed by atoms with Gasteiger partial charge >= 0.3 is 0 Å². The van der Waals surface area contributed by atoms with Gasteiger partial charge in [0.1, 0.15) is 0 Å². The van der Waals surface area contributed by atoms with Crippen molar-refractivity contribution in [1.82, 2.24) is 0 Å². The average molecular weight is 186 g/mol. The fraction of sp³-hybridized carbons (Fsp3) is 0.800. The van der Waals surface area contributed by atoms with Crippen LogP contribution >= 0.6 is 11.8 Å². The fourth-order valence-electron chi connectivity index (χ4n) is 0.839. The lowest BCUT2D eigenvalue weighted by atomic mass is 10.2. The zero-order valence-corrected chi connectivity index (χ0v) is 8.66. The molecule has 0 atom stereocenters. The van der Waals surface area contributed by atoms with Crippen LogP contribution in [0.5, 0.6) is 0 Å². The Labute approximate surface area is 80.3 Å². The quantitative estimate of drug-likeness (QED) is 0.425. The van der Waals surface area contributed by atoms with Gasteiger partial charge in [0.25, 0.3) is 0 Å². The second-order valence-corrected chi connectivity index (χ2v) is 3.61. The van der Waals surface area contributed by atoms with Crippen molar-refractivity contribution in [3.05, 3.63) is 0 Å². The molecule has 12 heavy (non-hydrogen) atoms. The molecule has 0 aliphatic rings. The van der Waals surface area contributed by atoms with Crippen LogP contribution in [0.15, 0.2) is 0 Å². The van der Waals surface area contributed by atoms with E-state index in [0.29, 0.717) is 0 Å². The van der Waals surface area contributed by atoms with Crippen LogP contribution in [0.3, 0.4) is 0 Å². The molecule has 0 saturated carbocycles. The molecule has 0 bridgehead atoms. The lowest BCUT2D eigenvalue weighted by Gasteiger charge is -2.01. The number of rotatable bonds is 8. The Morgan fingerprint density at radius 1 is 1.25 bits per heavy atom. The Hall–Kier alpha value is -0.130. The molecule has 0 aliphatic heterocycles. The van der Waals surface area contributed by atoms with Gasteiger partial charge < -0.3 is 4.74 Å². The van der Waals surface area contributed by atoms with Crippen LogP contribution in [-0.4, -0.2) is 25.2 Å². The van der Waals surface area contributed by atoms with E-state index in [-0.39, 0.29) is 0 Å². The summed E-state index contributed by atoms with van der Waals surface area (Å²) in [6, 6.07) is 0. The van der Waals surface area contributed by atoms with Crippen molar-refractivity contribution in [1.29, 1.82) is 0 Å². The molecule has 70 valence electrons. The van der Waals surface area contributed by atoms with Crippen molar-refractivity contribution < 1.29 is 4.74 Å². The van der Waals surface area contributed by atoms with Crippen molar-refractivity contribution in [3.63, 3.8) is 0 Å². The monoisotopic (exact) mass is 186 g/mol. The maximum absolute atomic E-state index is 5.40. The minimum absolute atomic E-state index is 0.871. The molecule has 0 aliphatic carbocycles. The standard InChI is InChI=1S/C10H18OS/c1-3-4-5-6-8-11-9-7-10-12-2/h1H,4-10H2,2H3. The number of hydrogen-bond acceptors (Lipinski definition) is 2. The van der Waals surface area contributed by atoms with E-state index in [1.54, 1.807) is 0 Å². The first kappa shape index (κ1) is 11.9. The summed E-state index contributed by atoms with van der Waals surface area (Å²) in [5.74, 6) is 3.82. The summed E-state index contributed by atoms with van der Waals surface area (Å²) in [4.78, 5) is 0. The van der Waals surface area contributed by atoms with Gasteiger partial charge in [-0.3, -0.25) is 0 Å². The summed E-state index contributed by atoms with van der Waals surface area (Å²) in [6.07, 6.45) is 11.5. The zero-order chi connectivity index (χ0) is 9.07. The fourth-order valence-corrected chi connectivity index (χ4v) is 1.25. The molecule has 0 unspecified atom stereocenters. The van der Waals surface area contributed by atoms with Gasteiger partial charge in [0.2, 0.25) is 0 Å². The average Bonchev–Trinajstić information content (AvgIpc) is 2.10. The molecule has 0 aromatic carbocycles. The first-order chi connectivity index (χ1) is 5.91. The van der Waals surface area contributed by atoms with Gasteiger partial charge in [0.15, 0.2) is 0 Å². The third kappa shape index (κ3) is 9.87. The number of terminal acetylenes is 1. The molecule has 0 radical (unpaired) electrons. The summed E-state index contributed by atoms with van der Waals surface area (Å²) in [7, 11) is 0. The summed E-state index contributed by atoms with van der Waals surface area (Å²) in [5, 5.41) is 0. The van der Waals surface area contributed by atoms with E-state index in [0.717, 1.165) is 38.9 Å². The highest BCUT2D eigenvalue weighted by molar-refractivity contribution is 7.98. The maximum atomic E-state index is 5.40. The number of hydrogen-bond donors (Lipinski definition) is 0. The zero-order valence-electron chi connectivity index (χ0n) is 7.84. The van der Waals surface area contributed by atoms with Crippen molar-refractivity contribution in [3.8, 4) is 12.3 Å². The Kier molecular flexibility index (Phi) is 10.8. The number of thioether (sulfide) groups is 1. The molecule has 0 aromatic rings. The highest BCUT2D eigenvalue weighted by atomic mass is 32.2. The molecule has 0 N–H and O–H groups in total. The van der Waals surface area contributed by atoms with E-state index in [2.05, 4.69) is 12.2 Å². The van der Waals surface area contributed by atoms with Crippen LogP contribution < -0.4 is 0 Å². The van der Waals surface area contributed by atoms with Gasteiger partial charge in [-0.15, -0.1) is 12.3 Å².